The van der Waals surface area contributed by atoms with Gasteiger partial charge in [-0.15, -0.1) is 0 Å². The molecule has 2 amide bonds. The summed E-state index contributed by atoms with van der Waals surface area (Å²) in [6.07, 6.45) is 0. The largest absolute Gasteiger partial charge is 0.496 e. The Morgan fingerprint density at radius 3 is 2.27 bits per heavy atom. The molecule has 33 heavy (non-hydrogen) atoms. The first-order valence-corrected chi connectivity index (χ1v) is 10.8. The molecule has 0 radical (unpaired) electrons. The number of ether oxygens (including phenoxy) is 1. The van der Waals surface area contributed by atoms with Crippen LogP contribution in [0.25, 0.3) is 11.4 Å². The maximum atomic E-state index is 12.9. The number of nitrogens with zero attached hydrogens (tertiary/aromatic N) is 2. The summed E-state index contributed by atoms with van der Waals surface area (Å²) in [7, 11) is 1.50. The molecule has 3 rings (SSSR count). The summed E-state index contributed by atoms with van der Waals surface area (Å²) in [5.41, 5.74) is 1.51. The highest BCUT2D eigenvalue weighted by Crippen LogP contribution is 2.25. The lowest BCUT2D eigenvalue weighted by Crippen LogP contribution is -2.47. The second kappa shape index (κ2) is 9.85. The zero-order valence-electron chi connectivity index (χ0n) is 19.8. The highest BCUT2D eigenvalue weighted by Gasteiger charge is 2.26. The van der Waals surface area contributed by atoms with E-state index in [0.29, 0.717) is 28.7 Å². The van der Waals surface area contributed by atoms with Gasteiger partial charge in [-0.2, -0.15) is 4.98 Å². The number of rotatable bonds is 7. The third kappa shape index (κ3) is 5.77. The Labute approximate surface area is 193 Å². The van der Waals surface area contributed by atoms with Crippen molar-refractivity contribution >= 4 is 17.5 Å². The molecule has 8 nitrogen and oxygen atoms in total. The molecule has 0 fully saturated rings. The van der Waals surface area contributed by atoms with Crippen molar-refractivity contribution in [1.82, 2.24) is 15.5 Å². The van der Waals surface area contributed by atoms with E-state index in [1.165, 1.54) is 7.11 Å². The summed E-state index contributed by atoms with van der Waals surface area (Å²) in [6.45, 7) is 9.75. The van der Waals surface area contributed by atoms with E-state index in [1.807, 2.05) is 46.8 Å². The van der Waals surface area contributed by atoms with Crippen molar-refractivity contribution in [2.75, 3.05) is 12.4 Å². The van der Waals surface area contributed by atoms with E-state index in [1.54, 1.807) is 36.4 Å². The molecule has 0 spiro atoms. The van der Waals surface area contributed by atoms with Gasteiger partial charge in [0.2, 0.25) is 17.6 Å². The summed E-state index contributed by atoms with van der Waals surface area (Å²) in [5.74, 6) is 0.684. The van der Waals surface area contributed by atoms with Gasteiger partial charge in [-0.1, -0.05) is 51.9 Å². The minimum absolute atomic E-state index is 0.127. The first-order valence-electron chi connectivity index (χ1n) is 10.8. The number of anilines is 1. The van der Waals surface area contributed by atoms with Crippen LogP contribution in [-0.2, 0) is 10.2 Å². The molecule has 0 saturated heterocycles. The van der Waals surface area contributed by atoms with Crippen molar-refractivity contribution in [3.05, 3.63) is 60.0 Å². The van der Waals surface area contributed by atoms with Crippen LogP contribution in [-0.4, -0.2) is 35.1 Å². The Morgan fingerprint density at radius 1 is 1.03 bits per heavy atom. The second-order valence-electron chi connectivity index (χ2n) is 9.14. The number of benzene rings is 2. The molecular formula is C25H30N4O4. The zero-order chi connectivity index (χ0) is 24.2. The van der Waals surface area contributed by atoms with Crippen LogP contribution in [0.2, 0.25) is 0 Å². The Morgan fingerprint density at radius 2 is 1.70 bits per heavy atom. The third-order valence-electron chi connectivity index (χ3n) is 5.07. The summed E-state index contributed by atoms with van der Waals surface area (Å²) < 4.78 is 10.6. The summed E-state index contributed by atoms with van der Waals surface area (Å²) in [5, 5.41) is 9.73. The molecule has 0 bridgehead atoms. The molecule has 8 heteroatoms. The van der Waals surface area contributed by atoms with Gasteiger partial charge < -0.3 is 19.9 Å². The highest BCUT2D eigenvalue weighted by atomic mass is 16.5. The van der Waals surface area contributed by atoms with Crippen LogP contribution in [0.15, 0.2) is 53.1 Å². The molecule has 0 aliphatic carbocycles. The molecule has 1 atom stereocenters. The predicted molar refractivity (Wildman–Crippen MR) is 126 cm³/mol. The quantitative estimate of drug-likeness (QED) is 0.551. The van der Waals surface area contributed by atoms with E-state index in [0.717, 1.165) is 5.56 Å². The predicted octanol–water partition coefficient (Wildman–Crippen LogP) is 4.44. The molecule has 2 aromatic carbocycles. The van der Waals surface area contributed by atoms with Gasteiger partial charge in [0.15, 0.2) is 0 Å². The van der Waals surface area contributed by atoms with Crippen molar-refractivity contribution in [3.8, 4) is 17.1 Å². The molecular weight excluding hydrogens is 420 g/mol. The fourth-order valence-electron chi connectivity index (χ4n) is 3.15. The number of para-hydroxylation sites is 1. The lowest BCUT2D eigenvalue weighted by Gasteiger charge is -2.22. The van der Waals surface area contributed by atoms with E-state index in [4.69, 9.17) is 9.26 Å². The van der Waals surface area contributed by atoms with Crippen molar-refractivity contribution in [2.24, 2.45) is 5.92 Å². The number of amides is 2. The third-order valence-corrected chi connectivity index (χ3v) is 5.07. The van der Waals surface area contributed by atoms with E-state index >= 15 is 0 Å². The van der Waals surface area contributed by atoms with Crippen molar-refractivity contribution in [3.63, 3.8) is 0 Å². The summed E-state index contributed by atoms with van der Waals surface area (Å²) in [6, 6.07) is 13.3. The fraction of sp³-hybridized carbons (Fsp3) is 0.360. The van der Waals surface area contributed by atoms with Gasteiger partial charge in [-0.3, -0.25) is 9.59 Å². The minimum atomic E-state index is -0.728. The van der Waals surface area contributed by atoms with Crippen molar-refractivity contribution in [1.29, 1.82) is 0 Å². The van der Waals surface area contributed by atoms with Gasteiger partial charge in [0, 0.05) is 16.7 Å². The standard InChI is InChI=1S/C25H30N4O4/c1-15(2)20(27-22(30)18-9-7-8-10-19(18)32-6)23(31)26-17-13-11-16(12-14-17)21-28-24(33-29-21)25(3,4)5/h7-15,20H,1-6H3,(H,26,31)(H,27,30). The van der Waals surface area contributed by atoms with Crippen molar-refractivity contribution in [2.45, 2.75) is 46.1 Å². The van der Waals surface area contributed by atoms with E-state index in [-0.39, 0.29) is 23.1 Å². The molecule has 0 aliphatic heterocycles. The maximum absolute atomic E-state index is 12.9. The van der Waals surface area contributed by atoms with E-state index in [9.17, 15) is 9.59 Å². The Balaban J connectivity index is 1.70. The Kier molecular flexibility index (Phi) is 7.16. The highest BCUT2D eigenvalue weighted by molar-refractivity contribution is 6.02. The fourth-order valence-corrected chi connectivity index (χ4v) is 3.15. The van der Waals surface area contributed by atoms with Crippen LogP contribution in [0.5, 0.6) is 5.75 Å². The van der Waals surface area contributed by atoms with E-state index < -0.39 is 6.04 Å². The number of carbonyl (C=O) groups excluding carboxylic acids is 2. The average Bonchev–Trinajstić information content (AvgIpc) is 3.28. The number of carbonyl (C=O) groups is 2. The maximum Gasteiger partial charge on any atom is 0.255 e. The normalized spacial score (nSPS) is 12.3. The Bertz CT molecular complexity index is 1110. The second-order valence-corrected chi connectivity index (χ2v) is 9.14. The lowest BCUT2D eigenvalue weighted by atomic mass is 9.97. The number of hydrogen-bond acceptors (Lipinski definition) is 6. The summed E-state index contributed by atoms with van der Waals surface area (Å²) in [4.78, 5) is 30.2. The van der Waals surface area contributed by atoms with Crippen LogP contribution in [0, 0.1) is 5.92 Å². The average molecular weight is 451 g/mol. The van der Waals surface area contributed by atoms with Gasteiger partial charge in [0.05, 0.1) is 12.7 Å². The van der Waals surface area contributed by atoms with Gasteiger partial charge >= 0.3 is 0 Å². The monoisotopic (exact) mass is 450 g/mol. The topological polar surface area (TPSA) is 106 Å². The molecule has 0 aliphatic rings. The minimum Gasteiger partial charge on any atom is -0.496 e. The smallest absolute Gasteiger partial charge is 0.255 e. The van der Waals surface area contributed by atoms with Crippen LogP contribution in [0.4, 0.5) is 5.69 Å². The first-order chi connectivity index (χ1) is 15.6. The van der Waals surface area contributed by atoms with E-state index in [2.05, 4.69) is 20.8 Å². The van der Waals surface area contributed by atoms with Gasteiger partial charge in [-0.05, 0) is 42.3 Å². The molecule has 174 valence electrons. The van der Waals surface area contributed by atoms with Crippen LogP contribution in [0.1, 0.15) is 50.9 Å². The molecule has 1 aromatic heterocycles. The number of methoxy groups -OCH3 is 1. The number of hydrogen-bond donors (Lipinski definition) is 2. The van der Waals surface area contributed by atoms with Crippen LogP contribution in [0.3, 0.4) is 0 Å². The molecule has 0 saturated carbocycles. The van der Waals surface area contributed by atoms with Crippen LogP contribution < -0.4 is 15.4 Å². The molecule has 1 unspecified atom stereocenters. The first kappa shape index (κ1) is 24.0. The molecule has 1 heterocycles. The SMILES string of the molecule is COc1ccccc1C(=O)NC(C(=O)Nc1ccc(-c2noc(C(C)(C)C)n2)cc1)C(C)C. The van der Waals surface area contributed by atoms with Crippen molar-refractivity contribution < 1.29 is 18.8 Å². The lowest BCUT2D eigenvalue weighted by molar-refractivity contribution is -0.118. The molecule has 2 N–H and O–H groups in total. The molecule has 3 aromatic rings. The Hall–Kier alpha value is -3.68. The van der Waals surface area contributed by atoms with Gasteiger partial charge in [0.25, 0.3) is 5.91 Å². The zero-order valence-corrected chi connectivity index (χ0v) is 19.8. The van der Waals surface area contributed by atoms with Crippen LogP contribution >= 0.6 is 0 Å². The summed E-state index contributed by atoms with van der Waals surface area (Å²) >= 11 is 0. The van der Waals surface area contributed by atoms with Gasteiger partial charge in [0.1, 0.15) is 11.8 Å². The number of aromatic nitrogens is 2. The number of nitrogens with one attached hydrogen (secondary N) is 2. The van der Waals surface area contributed by atoms with Gasteiger partial charge in [-0.25, -0.2) is 0 Å².